The Labute approximate surface area is 135 Å². The van der Waals surface area contributed by atoms with Crippen LogP contribution in [0.2, 0.25) is 0 Å². The van der Waals surface area contributed by atoms with Crippen molar-refractivity contribution in [1.82, 2.24) is 4.90 Å². The van der Waals surface area contributed by atoms with E-state index in [-0.39, 0.29) is 18.6 Å². The van der Waals surface area contributed by atoms with Gasteiger partial charge in [0.15, 0.2) is 12.2 Å². The number of aryl methyl sites for hydroxylation is 2. The van der Waals surface area contributed by atoms with E-state index in [0.29, 0.717) is 13.0 Å². The Kier molecular flexibility index (Phi) is 4.02. The van der Waals surface area contributed by atoms with Gasteiger partial charge in [-0.15, -0.1) is 0 Å². The van der Waals surface area contributed by atoms with E-state index in [4.69, 9.17) is 14.6 Å². The Balaban J connectivity index is 1.73. The summed E-state index contributed by atoms with van der Waals surface area (Å²) in [6, 6.07) is 4.01. The van der Waals surface area contributed by atoms with E-state index in [1.165, 1.54) is 5.56 Å². The van der Waals surface area contributed by atoms with Crippen molar-refractivity contribution in [3.8, 4) is 5.75 Å². The van der Waals surface area contributed by atoms with Crippen molar-refractivity contribution in [3.63, 3.8) is 0 Å². The number of hydrogen-bond donors (Lipinski definition) is 1. The van der Waals surface area contributed by atoms with Crippen molar-refractivity contribution in [2.24, 2.45) is 0 Å². The molecule has 2 aliphatic heterocycles. The first-order valence-corrected chi connectivity index (χ1v) is 7.79. The van der Waals surface area contributed by atoms with Gasteiger partial charge >= 0.3 is 5.97 Å². The highest BCUT2D eigenvalue weighted by Crippen LogP contribution is 2.32. The molecule has 1 aromatic rings. The summed E-state index contributed by atoms with van der Waals surface area (Å²) in [6.45, 7) is 6.26. The number of carboxylic acids is 1. The summed E-state index contributed by atoms with van der Waals surface area (Å²) >= 11 is 0. The monoisotopic (exact) mass is 319 g/mol. The first kappa shape index (κ1) is 15.8. The zero-order chi connectivity index (χ0) is 16.7. The van der Waals surface area contributed by atoms with Crippen LogP contribution in [0.15, 0.2) is 12.1 Å². The summed E-state index contributed by atoms with van der Waals surface area (Å²) in [5.41, 5.74) is 3.33. The van der Waals surface area contributed by atoms with Gasteiger partial charge in [-0.05, 0) is 43.5 Å². The Morgan fingerprint density at radius 1 is 1.17 bits per heavy atom. The Morgan fingerprint density at radius 2 is 1.87 bits per heavy atom. The van der Waals surface area contributed by atoms with Crippen molar-refractivity contribution in [2.45, 2.75) is 45.5 Å². The van der Waals surface area contributed by atoms with Crippen LogP contribution in [0.5, 0.6) is 5.75 Å². The standard InChI is InChI=1S/C17H21NO5/c1-9-4-12-6-14(23-13(12)5-10(9)2)16(19)18-7-11(3)22-15(8-18)17(20)21/h4-5,11,14-15H,6-8H2,1-3H3,(H,20,21)/t11-,14?,15?/m1/s1. The van der Waals surface area contributed by atoms with Gasteiger partial charge in [0.25, 0.3) is 5.91 Å². The third-order valence-electron chi connectivity index (χ3n) is 4.47. The maximum absolute atomic E-state index is 12.7. The van der Waals surface area contributed by atoms with Crippen LogP contribution >= 0.6 is 0 Å². The third kappa shape index (κ3) is 3.03. The van der Waals surface area contributed by atoms with Crippen molar-refractivity contribution < 1.29 is 24.2 Å². The second-order valence-electron chi connectivity index (χ2n) is 6.37. The van der Waals surface area contributed by atoms with E-state index >= 15 is 0 Å². The highest BCUT2D eigenvalue weighted by atomic mass is 16.5. The molecule has 0 saturated carbocycles. The smallest absolute Gasteiger partial charge is 0.334 e. The van der Waals surface area contributed by atoms with E-state index < -0.39 is 18.2 Å². The molecule has 3 atom stereocenters. The number of fused-ring (bicyclic) bond motifs is 1. The molecule has 23 heavy (non-hydrogen) atoms. The number of carbonyl (C=O) groups is 2. The minimum Gasteiger partial charge on any atom is -0.480 e. The van der Waals surface area contributed by atoms with Crippen LogP contribution in [-0.4, -0.2) is 53.3 Å². The Hall–Kier alpha value is -2.08. The number of aliphatic carboxylic acids is 1. The SMILES string of the molecule is Cc1cc2c(cc1C)OC(C(=O)N1CC(C(=O)O)O[C@H](C)C1)C2. The second kappa shape index (κ2) is 5.85. The number of benzene rings is 1. The predicted molar refractivity (Wildman–Crippen MR) is 82.6 cm³/mol. The van der Waals surface area contributed by atoms with Crippen LogP contribution in [0.3, 0.4) is 0 Å². The molecule has 0 bridgehead atoms. The molecule has 2 aliphatic rings. The second-order valence-corrected chi connectivity index (χ2v) is 6.37. The third-order valence-corrected chi connectivity index (χ3v) is 4.47. The van der Waals surface area contributed by atoms with Crippen LogP contribution in [-0.2, 0) is 20.7 Å². The van der Waals surface area contributed by atoms with Crippen molar-refractivity contribution in [3.05, 3.63) is 28.8 Å². The molecular weight excluding hydrogens is 298 g/mol. The molecule has 6 heteroatoms. The number of nitrogens with zero attached hydrogens (tertiary/aromatic N) is 1. The number of carboxylic acid groups (broad SMARTS) is 1. The zero-order valence-corrected chi connectivity index (χ0v) is 13.5. The normalized spacial score (nSPS) is 26.6. The fraction of sp³-hybridized carbons (Fsp3) is 0.529. The molecule has 1 saturated heterocycles. The molecule has 0 aliphatic carbocycles. The maximum Gasteiger partial charge on any atom is 0.334 e. The lowest BCUT2D eigenvalue weighted by Gasteiger charge is -2.35. The highest BCUT2D eigenvalue weighted by Gasteiger charge is 2.38. The number of rotatable bonds is 2. The van der Waals surface area contributed by atoms with Crippen molar-refractivity contribution >= 4 is 11.9 Å². The van der Waals surface area contributed by atoms with E-state index in [9.17, 15) is 9.59 Å². The predicted octanol–water partition coefficient (Wildman–Crippen LogP) is 1.31. The maximum atomic E-state index is 12.7. The molecule has 1 fully saturated rings. The molecular formula is C17H21NO5. The first-order chi connectivity index (χ1) is 10.8. The van der Waals surface area contributed by atoms with E-state index in [1.54, 1.807) is 11.8 Å². The van der Waals surface area contributed by atoms with Gasteiger partial charge in [-0.1, -0.05) is 6.07 Å². The lowest BCUT2D eigenvalue weighted by molar-refractivity contribution is -0.168. The number of ether oxygens (including phenoxy) is 2. The fourth-order valence-electron chi connectivity index (χ4n) is 3.12. The average Bonchev–Trinajstić information content (AvgIpc) is 2.89. The molecule has 1 N–H and O–H groups in total. The zero-order valence-electron chi connectivity index (χ0n) is 13.5. The number of morpholine rings is 1. The summed E-state index contributed by atoms with van der Waals surface area (Å²) < 4.78 is 11.2. The Bertz CT molecular complexity index is 626. The van der Waals surface area contributed by atoms with Gasteiger partial charge in [0.2, 0.25) is 0 Å². The highest BCUT2D eigenvalue weighted by molar-refractivity contribution is 5.84. The summed E-state index contributed by atoms with van der Waals surface area (Å²) in [5.74, 6) is -0.461. The van der Waals surface area contributed by atoms with Gasteiger partial charge in [-0.3, -0.25) is 4.79 Å². The molecule has 2 heterocycles. The lowest BCUT2D eigenvalue weighted by Crippen LogP contribution is -2.54. The van der Waals surface area contributed by atoms with Crippen LogP contribution < -0.4 is 4.74 Å². The quantitative estimate of drug-likeness (QED) is 0.889. The molecule has 0 radical (unpaired) electrons. The number of hydrogen-bond acceptors (Lipinski definition) is 4. The average molecular weight is 319 g/mol. The van der Waals surface area contributed by atoms with Crippen LogP contribution in [0, 0.1) is 13.8 Å². The minimum atomic E-state index is -1.05. The van der Waals surface area contributed by atoms with Crippen LogP contribution in [0.4, 0.5) is 0 Å². The summed E-state index contributed by atoms with van der Waals surface area (Å²) in [6.07, 6.45) is -1.33. The van der Waals surface area contributed by atoms with Crippen LogP contribution in [0.25, 0.3) is 0 Å². The number of carbonyl (C=O) groups excluding carboxylic acids is 1. The molecule has 3 rings (SSSR count). The molecule has 6 nitrogen and oxygen atoms in total. The van der Waals surface area contributed by atoms with Gasteiger partial charge < -0.3 is 19.5 Å². The molecule has 0 aromatic heterocycles. The molecule has 124 valence electrons. The molecule has 2 unspecified atom stereocenters. The van der Waals surface area contributed by atoms with E-state index in [0.717, 1.165) is 16.9 Å². The summed E-state index contributed by atoms with van der Waals surface area (Å²) in [7, 11) is 0. The van der Waals surface area contributed by atoms with Gasteiger partial charge in [0, 0.05) is 13.0 Å². The summed E-state index contributed by atoms with van der Waals surface area (Å²) in [5, 5.41) is 9.13. The van der Waals surface area contributed by atoms with Gasteiger partial charge in [-0.2, -0.15) is 0 Å². The minimum absolute atomic E-state index is 0.0623. The lowest BCUT2D eigenvalue weighted by atomic mass is 10.0. The topological polar surface area (TPSA) is 76.1 Å². The molecule has 0 spiro atoms. The molecule has 1 amide bonds. The Morgan fingerprint density at radius 3 is 2.57 bits per heavy atom. The van der Waals surface area contributed by atoms with Gasteiger partial charge in [0.1, 0.15) is 5.75 Å². The van der Waals surface area contributed by atoms with Gasteiger partial charge in [0.05, 0.1) is 12.6 Å². The van der Waals surface area contributed by atoms with Gasteiger partial charge in [-0.25, -0.2) is 4.79 Å². The summed E-state index contributed by atoms with van der Waals surface area (Å²) in [4.78, 5) is 25.4. The van der Waals surface area contributed by atoms with E-state index in [2.05, 4.69) is 6.07 Å². The van der Waals surface area contributed by atoms with Crippen LogP contribution in [0.1, 0.15) is 23.6 Å². The number of amides is 1. The first-order valence-electron chi connectivity index (χ1n) is 7.79. The van der Waals surface area contributed by atoms with E-state index in [1.807, 2.05) is 19.9 Å². The fourth-order valence-corrected chi connectivity index (χ4v) is 3.12. The largest absolute Gasteiger partial charge is 0.480 e. The molecule has 1 aromatic carbocycles. The van der Waals surface area contributed by atoms with Crippen molar-refractivity contribution in [2.75, 3.05) is 13.1 Å². The van der Waals surface area contributed by atoms with Crippen molar-refractivity contribution in [1.29, 1.82) is 0 Å².